The average Bonchev–Trinajstić information content (AvgIpc) is 2.54. The van der Waals surface area contributed by atoms with Gasteiger partial charge in [0.15, 0.2) is 14.2 Å². The quantitative estimate of drug-likeness (QED) is 0.252. The Morgan fingerprint density at radius 3 is 1.93 bits per heavy atom. The summed E-state index contributed by atoms with van der Waals surface area (Å²) in [4.78, 5) is 23.5. The van der Waals surface area contributed by atoms with Crippen LogP contribution in [0.15, 0.2) is 23.8 Å². The predicted molar refractivity (Wildman–Crippen MR) is 113 cm³/mol. The van der Waals surface area contributed by atoms with Crippen LogP contribution in [0.25, 0.3) is 0 Å². The van der Waals surface area contributed by atoms with Gasteiger partial charge < -0.3 is 19.0 Å². The lowest BCUT2D eigenvalue weighted by Gasteiger charge is -2.36. The van der Waals surface area contributed by atoms with Gasteiger partial charge in [0.05, 0.1) is 19.8 Å². The van der Waals surface area contributed by atoms with E-state index in [0.29, 0.717) is 19.4 Å². The zero-order valence-electron chi connectivity index (χ0n) is 18.9. The molecule has 0 aromatic carbocycles. The number of rotatable bonds is 10. The van der Waals surface area contributed by atoms with E-state index in [1.807, 2.05) is 0 Å². The molecule has 0 aromatic heterocycles. The maximum atomic E-state index is 11.7. The Morgan fingerprint density at radius 1 is 1.04 bits per heavy atom. The highest BCUT2D eigenvalue weighted by Gasteiger charge is 2.36. The Hall–Kier alpha value is -1.44. The van der Waals surface area contributed by atoms with Crippen LogP contribution in [0, 0.1) is 5.92 Å². The monoisotopic (exact) mass is 414 g/mol. The van der Waals surface area contributed by atoms with Crippen molar-refractivity contribution in [2.45, 2.75) is 71.2 Å². The van der Waals surface area contributed by atoms with E-state index >= 15 is 0 Å². The van der Waals surface area contributed by atoms with Gasteiger partial charge in [0, 0.05) is 6.61 Å². The molecule has 0 aliphatic heterocycles. The lowest BCUT2D eigenvalue weighted by atomic mass is 10.00. The molecule has 0 atom stereocenters. The van der Waals surface area contributed by atoms with Gasteiger partial charge in [0.25, 0.3) is 0 Å². The fourth-order valence-corrected chi connectivity index (χ4v) is 3.29. The van der Waals surface area contributed by atoms with Crippen molar-refractivity contribution in [2.75, 3.05) is 20.8 Å². The van der Waals surface area contributed by atoms with Crippen molar-refractivity contribution in [2.24, 2.45) is 5.92 Å². The van der Waals surface area contributed by atoms with Crippen molar-refractivity contribution in [3.05, 3.63) is 23.8 Å². The number of hydrogen-bond donors (Lipinski definition) is 1. The number of carbonyl (C=O) groups is 2. The minimum atomic E-state index is -1.85. The first-order chi connectivity index (χ1) is 12.6. The molecule has 0 aliphatic carbocycles. The molecule has 0 rings (SSSR count). The molecule has 0 heterocycles. The minimum absolute atomic E-state index is 0.126. The Kier molecular flexibility index (Phi) is 10.4. The third-order valence-corrected chi connectivity index (χ3v) is 9.41. The summed E-state index contributed by atoms with van der Waals surface area (Å²) in [7, 11) is 0.603. The van der Waals surface area contributed by atoms with Gasteiger partial charge in [0.2, 0.25) is 0 Å². The van der Waals surface area contributed by atoms with Crippen LogP contribution in [-0.2, 0) is 23.5 Å². The lowest BCUT2D eigenvalue weighted by molar-refractivity contribution is -0.156. The molecule has 0 saturated heterocycles. The van der Waals surface area contributed by atoms with Gasteiger partial charge in [0.1, 0.15) is 0 Å². The highest BCUT2D eigenvalue weighted by molar-refractivity contribution is 6.74. The van der Waals surface area contributed by atoms with Crippen LogP contribution in [0.1, 0.15) is 47.5 Å². The van der Waals surface area contributed by atoms with Gasteiger partial charge in [-0.15, -0.1) is 0 Å². The number of allylic oxidation sites excluding steroid dienone is 1. The topological polar surface area (TPSA) is 82.1 Å². The van der Waals surface area contributed by atoms with Crippen molar-refractivity contribution < 1.29 is 28.6 Å². The van der Waals surface area contributed by atoms with E-state index in [1.165, 1.54) is 20.3 Å². The maximum absolute atomic E-state index is 11.7. The lowest BCUT2D eigenvalue weighted by Crippen LogP contribution is -2.41. The van der Waals surface area contributed by atoms with E-state index < -0.39 is 31.8 Å². The number of aliphatic hydroxyl groups is 1. The van der Waals surface area contributed by atoms with Crippen LogP contribution in [0.2, 0.25) is 18.1 Å². The average molecular weight is 415 g/mol. The van der Waals surface area contributed by atoms with Gasteiger partial charge in [-0.1, -0.05) is 44.6 Å². The van der Waals surface area contributed by atoms with Gasteiger partial charge in [-0.05, 0) is 44.8 Å². The molecular weight excluding hydrogens is 376 g/mol. The molecule has 0 fully saturated rings. The summed E-state index contributed by atoms with van der Waals surface area (Å²) in [5.74, 6) is -2.43. The molecule has 7 heteroatoms. The zero-order chi connectivity index (χ0) is 22.2. The summed E-state index contributed by atoms with van der Waals surface area (Å²) < 4.78 is 15.5. The van der Waals surface area contributed by atoms with E-state index in [1.54, 1.807) is 26.0 Å². The van der Waals surface area contributed by atoms with Crippen molar-refractivity contribution in [3.8, 4) is 0 Å². The zero-order valence-corrected chi connectivity index (χ0v) is 19.9. The van der Waals surface area contributed by atoms with E-state index in [9.17, 15) is 14.7 Å². The molecule has 6 nitrogen and oxygen atoms in total. The van der Waals surface area contributed by atoms with Crippen molar-refractivity contribution in [1.29, 1.82) is 0 Å². The second kappa shape index (κ2) is 10.9. The molecule has 0 amide bonds. The molecule has 1 N–H and O–H groups in total. The van der Waals surface area contributed by atoms with Crippen molar-refractivity contribution >= 4 is 20.3 Å². The Bertz CT molecular complexity index is 563. The summed E-state index contributed by atoms with van der Waals surface area (Å²) in [6.45, 7) is 14.9. The Morgan fingerprint density at radius 2 is 1.54 bits per heavy atom. The first kappa shape index (κ1) is 26.6. The van der Waals surface area contributed by atoms with Gasteiger partial charge in [-0.25, -0.2) is 0 Å². The van der Waals surface area contributed by atoms with E-state index in [2.05, 4.69) is 43.3 Å². The van der Waals surface area contributed by atoms with Gasteiger partial charge in [-0.3, -0.25) is 9.59 Å². The standard InChI is InChI=1S/C21H38O6Si/c1-20(2,3)28(8,9)27-14-13-16(15-21(4,5)24)11-10-12-17(18(22)25-6)19(23)26-7/h10,12,15,17,24H,11,13-14H2,1-9H3/b12-10+,16-15-. The molecule has 0 bridgehead atoms. The van der Waals surface area contributed by atoms with Crippen molar-refractivity contribution in [1.82, 2.24) is 0 Å². The van der Waals surface area contributed by atoms with Crippen LogP contribution in [0.3, 0.4) is 0 Å². The van der Waals surface area contributed by atoms with Crippen LogP contribution >= 0.6 is 0 Å². The van der Waals surface area contributed by atoms with Crippen molar-refractivity contribution in [3.63, 3.8) is 0 Å². The molecule has 0 saturated carbocycles. The van der Waals surface area contributed by atoms with Gasteiger partial charge >= 0.3 is 11.9 Å². The van der Waals surface area contributed by atoms with Crippen LogP contribution in [-0.4, -0.2) is 51.8 Å². The van der Waals surface area contributed by atoms with E-state index in [0.717, 1.165) is 5.57 Å². The molecule has 0 aliphatic rings. The normalized spacial score (nSPS) is 13.9. The number of methoxy groups -OCH3 is 2. The summed E-state index contributed by atoms with van der Waals surface area (Å²) in [5.41, 5.74) is 0.000454. The fourth-order valence-electron chi connectivity index (χ4n) is 2.25. The van der Waals surface area contributed by atoms with Crippen LogP contribution in [0.4, 0.5) is 0 Å². The Balaban J connectivity index is 5.17. The second-order valence-corrected chi connectivity index (χ2v) is 13.8. The third-order valence-electron chi connectivity index (χ3n) is 4.87. The molecule has 0 spiro atoms. The first-order valence-corrected chi connectivity index (χ1v) is 12.4. The maximum Gasteiger partial charge on any atom is 0.323 e. The van der Waals surface area contributed by atoms with E-state index in [4.69, 9.17) is 4.43 Å². The molecule has 28 heavy (non-hydrogen) atoms. The molecule has 0 radical (unpaired) electrons. The summed E-state index contributed by atoms with van der Waals surface area (Å²) in [6.07, 6.45) is 6.13. The molecule has 0 aromatic rings. The summed E-state index contributed by atoms with van der Waals surface area (Å²) in [5, 5.41) is 10.3. The smallest absolute Gasteiger partial charge is 0.323 e. The number of esters is 2. The third kappa shape index (κ3) is 9.66. The highest BCUT2D eigenvalue weighted by Crippen LogP contribution is 2.36. The number of hydrogen-bond acceptors (Lipinski definition) is 6. The first-order valence-electron chi connectivity index (χ1n) is 9.54. The number of carbonyl (C=O) groups excluding carboxylic acids is 2. The van der Waals surface area contributed by atoms with Gasteiger partial charge in [-0.2, -0.15) is 0 Å². The number of ether oxygens (including phenoxy) is 2. The SMILES string of the molecule is COC(=O)C(/C=C/C/C(=C/C(C)(C)O)CCO[Si](C)(C)C(C)(C)C)C(=O)OC. The van der Waals surface area contributed by atoms with Crippen LogP contribution < -0.4 is 0 Å². The second-order valence-electron chi connectivity index (χ2n) is 8.97. The van der Waals surface area contributed by atoms with E-state index in [-0.39, 0.29) is 5.04 Å². The minimum Gasteiger partial charge on any atom is -0.468 e. The summed E-state index contributed by atoms with van der Waals surface area (Å²) in [6, 6.07) is 0. The fraction of sp³-hybridized carbons (Fsp3) is 0.714. The molecule has 162 valence electrons. The molecular formula is C21H38O6Si. The largest absolute Gasteiger partial charge is 0.468 e. The predicted octanol–water partition coefficient (Wildman–Crippen LogP) is 4.00. The summed E-state index contributed by atoms with van der Waals surface area (Å²) >= 11 is 0. The molecule has 0 unspecified atom stereocenters. The Labute approximate surface area is 171 Å². The highest BCUT2D eigenvalue weighted by atomic mass is 28.4. The van der Waals surface area contributed by atoms with Crippen LogP contribution in [0.5, 0.6) is 0 Å².